The summed E-state index contributed by atoms with van der Waals surface area (Å²) >= 11 is 0. The van der Waals surface area contributed by atoms with Crippen molar-refractivity contribution in [1.82, 2.24) is 0 Å². The average Bonchev–Trinajstić information content (AvgIpc) is 2.34. The van der Waals surface area contributed by atoms with E-state index < -0.39 is 0 Å². The van der Waals surface area contributed by atoms with Crippen LogP contribution in [0.1, 0.15) is 38.3 Å². The monoisotopic (exact) mass is 212 g/mol. The van der Waals surface area contributed by atoms with Crippen LogP contribution in [0.15, 0.2) is 48.1 Å². The Kier molecular flexibility index (Phi) is 5.35. The SMILES string of the molecule is C/C=C(C)/C=C/c1ccc(/C=C/CC)cc1. The van der Waals surface area contributed by atoms with Gasteiger partial charge in [0.05, 0.1) is 0 Å². The Morgan fingerprint density at radius 2 is 1.62 bits per heavy atom. The van der Waals surface area contributed by atoms with E-state index in [0.29, 0.717) is 0 Å². The molecule has 1 aromatic carbocycles. The lowest BCUT2D eigenvalue weighted by Gasteiger charge is -1.96. The molecule has 0 saturated heterocycles. The lowest BCUT2D eigenvalue weighted by atomic mass is 10.1. The number of hydrogen-bond acceptors (Lipinski definition) is 0. The highest BCUT2D eigenvalue weighted by atomic mass is 13.9. The van der Waals surface area contributed by atoms with Crippen LogP contribution in [0.3, 0.4) is 0 Å². The standard InChI is InChI=1S/C16H20/c1-4-6-7-15-10-12-16(13-11-15)9-8-14(3)5-2/h5-13H,4H2,1-3H3/b7-6+,9-8+,14-5+. The topological polar surface area (TPSA) is 0 Å². The van der Waals surface area contributed by atoms with Crippen molar-refractivity contribution < 1.29 is 0 Å². The summed E-state index contributed by atoms with van der Waals surface area (Å²) < 4.78 is 0. The first-order chi connectivity index (χ1) is 7.76. The second-order valence-corrected chi connectivity index (χ2v) is 3.84. The van der Waals surface area contributed by atoms with E-state index in [1.165, 1.54) is 16.7 Å². The van der Waals surface area contributed by atoms with Crippen molar-refractivity contribution in [2.45, 2.75) is 27.2 Å². The van der Waals surface area contributed by atoms with Gasteiger partial charge in [-0.2, -0.15) is 0 Å². The highest BCUT2D eigenvalue weighted by molar-refractivity contribution is 5.57. The fourth-order valence-electron chi connectivity index (χ4n) is 1.30. The van der Waals surface area contributed by atoms with Crippen LogP contribution in [0.4, 0.5) is 0 Å². The molecule has 1 rings (SSSR count). The van der Waals surface area contributed by atoms with Gasteiger partial charge in [-0.05, 0) is 31.4 Å². The summed E-state index contributed by atoms with van der Waals surface area (Å²) in [4.78, 5) is 0. The highest BCUT2D eigenvalue weighted by Crippen LogP contribution is 2.09. The molecule has 0 aliphatic rings. The molecule has 84 valence electrons. The molecule has 0 spiro atoms. The molecule has 16 heavy (non-hydrogen) atoms. The van der Waals surface area contributed by atoms with Gasteiger partial charge in [-0.1, -0.05) is 67.1 Å². The largest absolute Gasteiger partial charge is 0.0847 e. The fourth-order valence-corrected chi connectivity index (χ4v) is 1.30. The van der Waals surface area contributed by atoms with Crippen molar-refractivity contribution in [3.05, 3.63) is 59.2 Å². The van der Waals surface area contributed by atoms with Gasteiger partial charge in [-0.3, -0.25) is 0 Å². The molecule has 0 amide bonds. The van der Waals surface area contributed by atoms with Gasteiger partial charge in [0.25, 0.3) is 0 Å². The third kappa shape index (κ3) is 4.31. The summed E-state index contributed by atoms with van der Waals surface area (Å²) in [6.07, 6.45) is 11.8. The zero-order valence-corrected chi connectivity index (χ0v) is 10.4. The molecule has 0 unspecified atom stereocenters. The molecule has 0 heterocycles. The molecular weight excluding hydrogens is 192 g/mol. The maximum absolute atomic E-state index is 2.18. The highest BCUT2D eigenvalue weighted by Gasteiger charge is 1.88. The first-order valence-corrected chi connectivity index (χ1v) is 5.84. The smallest absolute Gasteiger partial charge is 0.0256 e. The maximum Gasteiger partial charge on any atom is -0.0256 e. The van der Waals surface area contributed by atoms with E-state index >= 15 is 0 Å². The summed E-state index contributed by atoms with van der Waals surface area (Å²) in [7, 11) is 0. The summed E-state index contributed by atoms with van der Waals surface area (Å²) in [5, 5.41) is 0. The van der Waals surface area contributed by atoms with Crippen LogP contribution in [0, 0.1) is 0 Å². The second-order valence-electron chi connectivity index (χ2n) is 3.84. The molecule has 0 aliphatic heterocycles. The predicted molar refractivity (Wildman–Crippen MR) is 74.2 cm³/mol. The third-order valence-corrected chi connectivity index (χ3v) is 2.48. The fraction of sp³-hybridized carbons (Fsp3) is 0.250. The molecule has 0 fully saturated rings. The molecular formula is C16H20. The number of allylic oxidation sites excluding steroid dienone is 4. The van der Waals surface area contributed by atoms with Crippen molar-refractivity contribution in [3.63, 3.8) is 0 Å². The van der Waals surface area contributed by atoms with Crippen molar-refractivity contribution in [1.29, 1.82) is 0 Å². The minimum atomic E-state index is 1.09. The molecule has 0 bridgehead atoms. The van der Waals surface area contributed by atoms with Crippen LogP contribution in [0.2, 0.25) is 0 Å². The van der Waals surface area contributed by atoms with Crippen LogP contribution < -0.4 is 0 Å². The second kappa shape index (κ2) is 6.84. The Morgan fingerprint density at radius 1 is 1.06 bits per heavy atom. The van der Waals surface area contributed by atoms with Crippen molar-refractivity contribution in [2.24, 2.45) is 0 Å². The Hall–Kier alpha value is -1.56. The maximum atomic E-state index is 2.18. The van der Waals surface area contributed by atoms with Crippen LogP contribution >= 0.6 is 0 Å². The van der Waals surface area contributed by atoms with Gasteiger partial charge in [0.1, 0.15) is 0 Å². The first kappa shape index (κ1) is 12.5. The lowest BCUT2D eigenvalue weighted by molar-refractivity contribution is 1.23. The number of benzene rings is 1. The van der Waals surface area contributed by atoms with Gasteiger partial charge in [-0.15, -0.1) is 0 Å². The molecule has 0 aromatic heterocycles. The van der Waals surface area contributed by atoms with Gasteiger partial charge in [0.15, 0.2) is 0 Å². The van der Waals surface area contributed by atoms with Gasteiger partial charge < -0.3 is 0 Å². The molecule has 1 aromatic rings. The Balaban J connectivity index is 2.72. The molecule has 0 radical (unpaired) electrons. The quantitative estimate of drug-likeness (QED) is 0.610. The van der Waals surface area contributed by atoms with E-state index in [2.05, 4.69) is 75.4 Å². The Labute approximate surface area is 99.0 Å². The summed E-state index contributed by atoms with van der Waals surface area (Å²) in [6, 6.07) is 8.59. The first-order valence-electron chi connectivity index (χ1n) is 5.84. The van der Waals surface area contributed by atoms with E-state index in [4.69, 9.17) is 0 Å². The lowest BCUT2D eigenvalue weighted by Crippen LogP contribution is -1.75. The summed E-state index contributed by atoms with van der Waals surface area (Å²) in [5.41, 5.74) is 3.80. The van der Waals surface area contributed by atoms with E-state index in [1.54, 1.807) is 0 Å². The van der Waals surface area contributed by atoms with Gasteiger partial charge in [-0.25, -0.2) is 0 Å². The predicted octanol–water partition coefficient (Wildman–Crippen LogP) is 5.09. The van der Waals surface area contributed by atoms with Gasteiger partial charge in [0, 0.05) is 0 Å². The zero-order chi connectivity index (χ0) is 11.8. The van der Waals surface area contributed by atoms with E-state index in [0.717, 1.165) is 6.42 Å². The molecule has 0 aliphatic carbocycles. The third-order valence-electron chi connectivity index (χ3n) is 2.48. The van der Waals surface area contributed by atoms with Crippen LogP contribution in [-0.2, 0) is 0 Å². The van der Waals surface area contributed by atoms with Gasteiger partial charge >= 0.3 is 0 Å². The average molecular weight is 212 g/mol. The van der Waals surface area contributed by atoms with Gasteiger partial charge in [0.2, 0.25) is 0 Å². The summed E-state index contributed by atoms with van der Waals surface area (Å²) in [5.74, 6) is 0. The Morgan fingerprint density at radius 3 is 2.12 bits per heavy atom. The number of hydrogen-bond donors (Lipinski definition) is 0. The number of rotatable bonds is 4. The minimum Gasteiger partial charge on any atom is -0.0847 e. The van der Waals surface area contributed by atoms with Crippen molar-refractivity contribution >= 4 is 12.2 Å². The molecule has 0 nitrogen and oxygen atoms in total. The van der Waals surface area contributed by atoms with Crippen molar-refractivity contribution in [2.75, 3.05) is 0 Å². The van der Waals surface area contributed by atoms with Crippen molar-refractivity contribution in [3.8, 4) is 0 Å². The van der Waals surface area contributed by atoms with E-state index in [1.807, 2.05) is 0 Å². The molecule has 0 saturated carbocycles. The van der Waals surface area contributed by atoms with E-state index in [9.17, 15) is 0 Å². The minimum absolute atomic E-state index is 1.09. The molecule has 0 heteroatoms. The zero-order valence-electron chi connectivity index (χ0n) is 10.4. The molecule has 0 atom stereocenters. The van der Waals surface area contributed by atoms with Crippen LogP contribution in [-0.4, -0.2) is 0 Å². The Bertz CT molecular complexity index is 389. The van der Waals surface area contributed by atoms with Crippen LogP contribution in [0.5, 0.6) is 0 Å². The normalized spacial score (nSPS) is 12.8. The van der Waals surface area contributed by atoms with E-state index in [-0.39, 0.29) is 0 Å². The summed E-state index contributed by atoms with van der Waals surface area (Å²) in [6.45, 7) is 6.31. The van der Waals surface area contributed by atoms with Crippen LogP contribution in [0.25, 0.3) is 12.2 Å². The molecule has 0 N–H and O–H groups in total.